The lowest BCUT2D eigenvalue weighted by molar-refractivity contribution is -0.121. The predicted octanol–water partition coefficient (Wildman–Crippen LogP) is 1.11. The lowest BCUT2D eigenvalue weighted by atomic mass is 10.3. The molecule has 5 heteroatoms. The Morgan fingerprint density at radius 1 is 1.31 bits per heavy atom. The Balaban J connectivity index is 2.39. The average Bonchev–Trinajstić information content (AvgIpc) is 2.48. The molecular weight excluding hydrogens is 222 g/mol. The number of pyridine rings is 1. The molecule has 0 unspecified atom stereocenters. The van der Waals surface area contributed by atoms with E-state index in [4.69, 9.17) is 12.2 Å². The van der Waals surface area contributed by atoms with Crippen molar-refractivity contribution in [1.29, 1.82) is 0 Å². The van der Waals surface area contributed by atoms with Gasteiger partial charge in [0.15, 0.2) is 5.11 Å². The maximum atomic E-state index is 11.8. The van der Waals surface area contributed by atoms with Gasteiger partial charge in [-0.2, -0.15) is 0 Å². The number of hydrogen-bond donors (Lipinski definition) is 0. The number of carbonyl (C=O) groups excluding carboxylic acids is 1. The molecule has 16 heavy (non-hydrogen) atoms. The molecule has 1 aliphatic rings. The van der Waals surface area contributed by atoms with E-state index in [0.717, 1.165) is 5.69 Å². The zero-order valence-electron chi connectivity index (χ0n) is 9.04. The molecule has 0 radical (unpaired) electrons. The Morgan fingerprint density at radius 3 is 2.56 bits per heavy atom. The minimum atomic E-state index is -0.0989. The molecular formula is C11H11N3OS. The molecule has 0 atom stereocenters. The van der Waals surface area contributed by atoms with Gasteiger partial charge in [-0.15, -0.1) is 0 Å². The molecule has 2 rings (SSSR count). The molecule has 0 saturated carbocycles. The van der Waals surface area contributed by atoms with Crippen LogP contribution >= 0.6 is 12.2 Å². The van der Waals surface area contributed by atoms with Gasteiger partial charge in [0.2, 0.25) is 0 Å². The average molecular weight is 233 g/mol. The summed E-state index contributed by atoms with van der Waals surface area (Å²) in [6, 6.07) is 5.55. The van der Waals surface area contributed by atoms with Gasteiger partial charge < -0.3 is 4.90 Å². The van der Waals surface area contributed by atoms with Gasteiger partial charge in [-0.05, 0) is 30.4 Å². The van der Waals surface area contributed by atoms with Crippen LogP contribution in [0.3, 0.4) is 0 Å². The van der Waals surface area contributed by atoms with E-state index in [1.807, 2.05) is 18.2 Å². The fourth-order valence-electron chi connectivity index (χ4n) is 1.49. The van der Waals surface area contributed by atoms with Crippen LogP contribution in [0.2, 0.25) is 0 Å². The van der Waals surface area contributed by atoms with Crippen LogP contribution in [0.1, 0.15) is 5.69 Å². The first-order chi connectivity index (χ1) is 7.61. The number of hydrogen-bond acceptors (Lipinski definition) is 3. The third kappa shape index (κ3) is 1.69. The fraction of sp³-hybridized carbons (Fsp3) is 0.182. The van der Waals surface area contributed by atoms with Crippen molar-refractivity contribution in [2.24, 2.45) is 0 Å². The van der Waals surface area contributed by atoms with Crippen molar-refractivity contribution in [3.8, 4) is 0 Å². The maximum absolute atomic E-state index is 11.8. The SMILES string of the molecule is CN1C(=O)C(=Cc2ccccn2)N(C)C1=S. The highest BCUT2D eigenvalue weighted by Gasteiger charge is 2.32. The number of rotatable bonds is 1. The van der Waals surface area contributed by atoms with Gasteiger partial charge in [0.05, 0.1) is 5.69 Å². The predicted molar refractivity (Wildman–Crippen MR) is 65.3 cm³/mol. The van der Waals surface area contributed by atoms with Crippen molar-refractivity contribution in [2.45, 2.75) is 0 Å². The van der Waals surface area contributed by atoms with Gasteiger partial charge in [-0.25, -0.2) is 0 Å². The number of amides is 1. The standard InChI is InChI=1S/C11H11N3OS/c1-13-9(10(15)14(2)11(13)16)7-8-5-3-4-6-12-8/h3-7H,1-2H3. The van der Waals surface area contributed by atoms with Crippen LogP contribution in [0, 0.1) is 0 Å². The van der Waals surface area contributed by atoms with E-state index < -0.39 is 0 Å². The zero-order valence-corrected chi connectivity index (χ0v) is 9.86. The molecule has 0 N–H and O–H groups in total. The van der Waals surface area contributed by atoms with E-state index >= 15 is 0 Å². The summed E-state index contributed by atoms with van der Waals surface area (Å²) >= 11 is 5.10. The van der Waals surface area contributed by atoms with Gasteiger partial charge in [0, 0.05) is 20.3 Å². The molecule has 0 spiro atoms. The Morgan fingerprint density at radius 2 is 2.06 bits per heavy atom. The number of likely N-dealkylation sites (N-methyl/N-ethyl adjacent to an activating group) is 2. The minimum absolute atomic E-state index is 0.0989. The molecule has 1 saturated heterocycles. The van der Waals surface area contributed by atoms with Crippen molar-refractivity contribution in [2.75, 3.05) is 14.1 Å². The molecule has 0 aliphatic carbocycles. The normalized spacial score (nSPS) is 18.8. The molecule has 0 bridgehead atoms. The van der Waals surface area contributed by atoms with Gasteiger partial charge >= 0.3 is 0 Å². The third-order valence-electron chi connectivity index (χ3n) is 2.43. The van der Waals surface area contributed by atoms with Gasteiger partial charge in [0.25, 0.3) is 5.91 Å². The van der Waals surface area contributed by atoms with E-state index in [2.05, 4.69) is 4.98 Å². The van der Waals surface area contributed by atoms with Gasteiger partial charge in [-0.1, -0.05) is 6.07 Å². The molecule has 4 nitrogen and oxygen atoms in total. The summed E-state index contributed by atoms with van der Waals surface area (Å²) in [6.07, 6.45) is 3.42. The van der Waals surface area contributed by atoms with Gasteiger partial charge in [-0.3, -0.25) is 14.7 Å². The second-order valence-electron chi connectivity index (χ2n) is 3.49. The minimum Gasteiger partial charge on any atom is -0.317 e. The number of nitrogens with zero attached hydrogens (tertiary/aromatic N) is 3. The highest BCUT2D eigenvalue weighted by atomic mass is 32.1. The van der Waals surface area contributed by atoms with E-state index in [1.165, 1.54) is 4.90 Å². The summed E-state index contributed by atoms with van der Waals surface area (Å²) in [5.41, 5.74) is 1.29. The Hall–Kier alpha value is -1.75. The summed E-state index contributed by atoms with van der Waals surface area (Å²) in [4.78, 5) is 19.1. The highest BCUT2D eigenvalue weighted by Crippen LogP contribution is 2.19. The Labute approximate surface area is 99.2 Å². The quantitative estimate of drug-likeness (QED) is 0.538. The number of thiocarbonyl (C=S) groups is 1. The number of aromatic nitrogens is 1. The summed E-state index contributed by atoms with van der Waals surface area (Å²) in [6.45, 7) is 0. The maximum Gasteiger partial charge on any atom is 0.276 e. The van der Waals surface area contributed by atoms with E-state index in [0.29, 0.717) is 10.8 Å². The van der Waals surface area contributed by atoms with Crippen LogP contribution < -0.4 is 0 Å². The molecule has 1 fully saturated rings. The zero-order chi connectivity index (χ0) is 11.7. The van der Waals surface area contributed by atoms with E-state index in [-0.39, 0.29) is 5.91 Å². The van der Waals surface area contributed by atoms with Crippen molar-refractivity contribution in [3.05, 3.63) is 35.8 Å². The van der Waals surface area contributed by atoms with Gasteiger partial charge in [0.1, 0.15) is 5.70 Å². The van der Waals surface area contributed by atoms with Crippen LogP contribution in [-0.2, 0) is 4.79 Å². The molecule has 1 aromatic rings. The molecule has 2 heterocycles. The summed E-state index contributed by atoms with van der Waals surface area (Å²) in [5, 5.41) is 0.507. The van der Waals surface area contributed by atoms with Crippen LogP contribution in [0.15, 0.2) is 30.1 Å². The summed E-state index contributed by atoms with van der Waals surface area (Å²) < 4.78 is 0. The summed E-state index contributed by atoms with van der Waals surface area (Å²) in [7, 11) is 3.44. The lowest BCUT2D eigenvalue weighted by Crippen LogP contribution is -2.26. The smallest absolute Gasteiger partial charge is 0.276 e. The van der Waals surface area contributed by atoms with Crippen molar-refractivity contribution >= 4 is 29.3 Å². The van der Waals surface area contributed by atoms with Crippen molar-refractivity contribution in [3.63, 3.8) is 0 Å². The highest BCUT2D eigenvalue weighted by molar-refractivity contribution is 7.80. The monoisotopic (exact) mass is 233 g/mol. The molecule has 1 aliphatic heterocycles. The molecule has 1 aromatic heterocycles. The lowest BCUT2D eigenvalue weighted by Gasteiger charge is -2.10. The second kappa shape index (κ2) is 4.02. The first kappa shape index (κ1) is 10.8. The van der Waals surface area contributed by atoms with Crippen LogP contribution in [-0.4, -0.2) is 39.9 Å². The second-order valence-corrected chi connectivity index (χ2v) is 3.86. The Bertz CT molecular complexity index is 469. The van der Waals surface area contributed by atoms with Crippen LogP contribution in [0.5, 0.6) is 0 Å². The first-order valence-electron chi connectivity index (χ1n) is 4.79. The third-order valence-corrected chi connectivity index (χ3v) is 2.98. The molecule has 0 aromatic carbocycles. The van der Waals surface area contributed by atoms with Crippen molar-refractivity contribution < 1.29 is 4.79 Å². The summed E-state index contributed by atoms with van der Waals surface area (Å²) in [5.74, 6) is -0.0989. The molecule has 82 valence electrons. The van der Waals surface area contributed by atoms with E-state index in [9.17, 15) is 4.79 Å². The first-order valence-corrected chi connectivity index (χ1v) is 5.20. The fourth-order valence-corrected chi connectivity index (χ4v) is 1.67. The van der Waals surface area contributed by atoms with Crippen LogP contribution in [0.25, 0.3) is 6.08 Å². The van der Waals surface area contributed by atoms with E-state index in [1.54, 1.807) is 31.3 Å². The molecule has 1 amide bonds. The number of carbonyl (C=O) groups is 1. The van der Waals surface area contributed by atoms with Crippen LogP contribution in [0.4, 0.5) is 0 Å². The Kier molecular flexibility index (Phi) is 2.70. The topological polar surface area (TPSA) is 36.4 Å². The van der Waals surface area contributed by atoms with Crippen molar-refractivity contribution in [1.82, 2.24) is 14.8 Å². The largest absolute Gasteiger partial charge is 0.317 e.